The molecule has 19 heavy (non-hydrogen) atoms. The normalized spacial score (nSPS) is 30.1. The van der Waals surface area contributed by atoms with Crippen molar-refractivity contribution in [2.75, 3.05) is 26.2 Å². The van der Waals surface area contributed by atoms with Crippen LogP contribution in [0.5, 0.6) is 0 Å². The van der Waals surface area contributed by atoms with Gasteiger partial charge in [-0.2, -0.15) is 0 Å². The lowest BCUT2D eigenvalue weighted by Crippen LogP contribution is -2.53. The fourth-order valence-electron chi connectivity index (χ4n) is 2.86. The summed E-state index contributed by atoms with van der Waals surface area (Å²) in [7, 11) is 0. The molecular weight excluding hydrogens is 242 g/mol. The molecule has 2 rings (SSSR count). The molecule has 0 aromatic rings. The molecule has 3 atom stereocenters. The van der Waals surface area contributed by atoms with E-state index in [1.54, 1.807) is 6.92 Å². The van der Waals surface area contributed by atoms with E-state index in [2.05, 4.69) is 15.5 Å². The second kappa shape index (κ2) is 6.68. The SMILES string of the molecule is CC(=O)NCCN1CC(NC2CC2)CC(C(C)O)C1. The summed E-state index contributed by atoms with van der Waals surface area (Å²) in [6, 6.07) is 1.19. The Bertz CT molecular complexity index is 305. The maximum atomic E-state index is 10.9. The first-order valence-corrected chi connectivity index (χ1v) is 7.45. The fourth-order valence-corrected chi connectivity index (χ4v) is 2.86. The number of carbonyl (C=O) groups is 1. The van der Waals surface area contributed by atoms with Gasteiger partial charge in [-0.25, -0.2) is 0 Å². The highest BCUT2D eigenvalue weighted by Crippen LogP contribution is 2.25. The van der Waals surface area contributed by atoms with Gasteiger partial charge >= 0.3 is 0 Å². The van der Waals surface area contributed by atoms with Crippen molar-refractivity contribution in [3.05, 3.63) is 0 Å². The molecule has 5 heteroatoms. The number of amides is 1. The second-order valence-corrected chi connectivity index (χ2v) is 6.12. The molecule has 0 aromatic heterocycles. The third-order valence-electron chi connectivity index (χ3n) is 4.09. The molecule has 2 fully saturated rings. The van der Waals surface area contributed by atoms with Crippen molar-refractivity contribution in [3.8, 4) is 0 Å². The van der Waals surface area contributed by atoms with E-state index >= 15 is 0 Å². The molecule has 1 amide bonds. The topological polar surface area (TPSA) is 64.6 Å². The number of aliphatic hydroxyl groups is 1. The van der Waals surface area contributed by atoms with Crippen LogP contribution >= 0.6 is 0 Å². The van der Waals surface area contributed by atoms with Crippen LogP contribution in [-0.2, 0) is 4.79 Å². The summed E-state index contributed by atoms with van der Waals surface area (Å²) in [4.78, 5) is 13.3. The van der Waals surface area contributed by atoms with Gasteiger partial charge in [-0.1, -0.05) is 0 Å². The molecule has 5 nitrogen and oxygen atoms in total. The molecule has 2 aliphatic rings. The fraction of sp³-hybridized carbons (Fsp3) is 0.929. The van der Waals surface area contributed by atoms with Crippen LogP contribution in [0.2, 0.25) is 0 Å². The smallest absolute Gasteiger partial charge is 0.216 e. The first-order chi connectivity index (χ1) is 9.04. The number of rotatable bonds is 6. The van der Waals surface area contributed by atoms with Crippen molar-refractivity contribution < 1.29 is 9.90 Å². The van der Waals surface area contributed by atoms with E-state index in [1.165, 1.54) is 12.8 Å². The number of aliphatic hydroxyl groups excluding tert-OH is 1. The van der Waals surface area contributed by atoms with E-state index in [0.29, 0.717) is 24.5 Å². The predicted molar refractivity (Wildman–Crippen MR) is 74.9 cm³/mol. The Morgan fingerprint density at radius 3 is 2.68 bits per heavy atom. The average molecular weight is 269 g/mol. The lowest BCUT2D eigenvalue weighted by Gasteiger charge is -2.39. The molecule has 1 saturated carbocycles. The average Bonchev–Trinajstić information content (AvgIpc) is 3.12. The summed E-state index contributed by atoms with van der Waals surface area (Å²) in [5, 5.41) is 16.4. The van der Waals surface area contributed by atoms with Gasteiger partial charge in [0.2, 0.25) is 5.91 Å². The van der Waals surface area contributed by atoms with Crippen molar-refractivity contribution in [2.24, 2.45) is 5.92 Å². The number of nitrogens with one attached hydrogen (secondary N) is 2. The summed E-state index contributed by atoms with van der Waals surface area (Å²) in [5.41, 5.74) is 0. The van der Waals surface area contributed by atoms with Gasteiger partial charge in [-0.15, -0.1) is 0 Å². The van der Waals surface area contributed by atoms with Gasteiger partial charge in [0.15, 0.2) is 0 Å². The van der Waals surface area contributed by atoms with Crippen molar-refractivity contribution in [3.63, 3.8) is 0 Å². The van der Waals surface area contributed by atoms with Crippen molar-refractivity contribution >= 4 is 5.91 Å². The molecule has 110 valence electrons. The highest BCUT2D eigenvalue weighted by molar-refractivity contribution is 5.72. The van der Waals surface area contributed by atoms with Crippen LogP contribution in [0, 0.1) is 5.92 Å². The number of carbonyl (C=O) groups excluding carboxylic acids is 1. The monoisotopic (exact) mass is 269 g/mol. The Balaban J connectivity index is 1.80. The molecule has 0 aromatic carbocycles. The van der Waals surface area contributed by atoms with E-state index in [-0.39, 0.29) is 12.0 Å². The molecule has 0 bridgehead atoms. The second-order valence-electron chi connectivity index (χ2n) is 6.12. The predicted octanol–water partition coefficient (Wildman–Crippen LogP) is -0.0542. The zero-order valence-electron chi connectivity index (χ0n) is 12.1. The number of piperidine rings is 1. The standard InChI is InChI=1S/C14H27N3O2/c1-10(18)12-7-14(16-13-3-4-13)9-17(8-12)6-5-15-11(2)19/h10,12-14,16,18H,3-9H2,1-2H3,(H,15,19). The zero-order chi connectivity index (χ0) is 13.8. The van der Waals surface area contributed by atoms with Gasteiger partial charge in [-0.05, 0) is 32.1 Å². The number of hydrogen-bond donors (Lipinski definition) is 3. The van der Waals surface area contributed by atoms with E-state index in [0.717, 1.165) is 26.1 Å². The highest BCUT2D eigenvalue weighted by Gasteiger charge is 2.32. The molecule has 1 aliphatic carbocycles. The Morgan fingerprint density at radius 2 is 2.11 bits per heavy atom. The van der Waals surface area contributed by atoms with E-state index in [4.69, 9.17) is 0 Å². The lowest BCUT2D eigenvalue weighted by molar-refractivity contribution is -0.119. The van der Waals surface area contributed by atoms with Crippen LogP contribution in [0.25, 0.3) is 0 Å². The first-order valence-electron chi connectivity index (χ1n) is 7.45. The van der Waals surface area contributed by atoms with Gasteiger partial charge in [0, 0.05) is 45.2 Å². The Labute approximate surface area is 115 Å². The Kier molecular flexibility index (Phi) is 5.19. The molecular formula is C14H27N3O2. The summed E-state index contributed by atoms with van der Waals surface area (Å²) in [6.07, 6.45) is 3.39. The number of likely N-dealkylation sites (tertiary alicyclic amines) is 1. The minimum atomic E-state index is -0.257. The van der Waals surface area contributed by atoms with Crippen LogP contribution in [0.3, 0.4) is 0 Å². The summed E-state index contributed by atoms with van der Waals surface area (Å²) in [6.45, 7) is 6.95. The van der Waals surface area contributed by atoms with Crippen LogP contribution in [-0.4, -0.2) is 60.3 Å². The van der Waals surface area contributed by atoms with E-state index in [9.17, 15) is 9.90 Å². The highest BCUT2D eigenvalue weighted by atomic mass is 16.3. The maximum Gasteiger partial charge on any atom is 0.216 e. The van der Waals surface area contributed by atoms with Crippen LogP contribution in [0.15, 0.2) is 0 Å². The number of hydrogen-bond acceptors (Lipinski definition) is 4. The minimum absolute atomic E-state index is 0.0248. The molecule has 3 N–H and O–H groups in total. The summed E-state index contributed by atoms with van der Waals surface area (Å²) >= 11 is 0. The van der Waals surface area contributed by atoms with Gasteiger partial charge in [0.1, 0.15) is 0 Å². The summed E-state index contributed by atoms with van der Waals surface area (Å²) in [5.74, 6) is 0.360. The van der Waals surface area contributed by atoms with E-state index in [1.807, 2.05) is 6.92 Å². The molecule has 3 unspecified atom stereocenters. The molecule has 0 radical (unpaired) electrons. The number of nitrogens with zero attached hydrogens (tertiary/aromatic N) is 1. The molecule has 1 heterocycles. The maximum absolute atomic E-state index is 10.9. The van der Waals surface area contributed by atoms with Gasteiger partial charge in [-0.3, -0.25) is 9.69 Å². The zero-order valence-corrected chi connectivity index (χ0v) is 12.1. The third kappa shape index (κ3) is 5.09. The van der Waals surface area contributed by atoms with Gasteiger partial charge in [0.05, 0.1) is 6.10 Å². The quantitative estimate of drug-likeness (QED) is 0.632. The molecule has 1 aliphatic heterocycles. The molecule has 1 saturated heterocycles. The van der Waals surface area contributed by atoms with Gasteiger partial charge < -0.3 is 15.7 Å². The van der Waals surface area contributed by atoms with Crippen LogP contribution in [0.4, 0.5) is 0 Å². The van der Waals surface area contributed by atoms with Crippen molar-refractivity contribution in [1.82, 2.24) is 15.5 Å². The minimum Gasteiger partial charge on any atom is -0.393 e. The summed E-state index contributed by atoms with van der Waals surface area (Å²) < 4.78 is 0. The van der Waals surface area contributed by atoms with Crippen molar-refractivity contribution in [1.29, 1.82) is 0 Å². The third-order valence-corrected chi connectivity index (χ3v) is 4.09. The Morgan fingerprint density at radius 1 is 1.37 bits per heavy atom. The van der Waals surface area contributed by atoms with E-state index < -0.39 is 0 Å². The van der Waals surface area contributed by atoms with Crippen molar-refractivity contribution in [2.45, 2.75) is 51.3 Å². The largest absolute Gasteiger partial charge is 0.393 e. The lowest BCUT2D eigenvalue weighted by atomic mass is 9.90. The van der Waals surface area contributed by atoms with Gasteiger partial charge in [0.25, 0.3) is 0 Å². The Hall–Kier alpha value is -0.650. The van der Waals surface area contributed by atoms with Crippen LogP contribution < -0.4 is 10.6 Å². The molecule has 0 spiro atoms. The first kappa shape index (κ1) is 14.8. The van der Waals surface area contributed by atoms with Crippen LogP contribution in [0.1, 0.15) is 33.1 Å².